The molecule has 1 spiro atoms. The van der Waals surface area contributed by atoms with E-state index in [0.717, 1.165) is 41.7 Å². The number of ether oxygens (including phenoxy) is 1. The molecule has 1 aromatic heterocycles. The number of hydroxylamine groups is 1. The summed E-state index contributed by atoms with van der Waals surface area (Å²) in [4.78, 5) is 32.3. The van der Waals surface area contributed by atoms with Crippen LogP contribution in [-0.2, 0) is 35.5 Å². The number of nitrogens with zero attached hydrogens (tertiary/aromatic N) is 3. The number of imidazole rings is 1. The summed E-state index contributed by atoms with van der Waals surface area (Å²) in [5, 5.41) is 8.97. The first-order chi connectivity index (χ1) is 16.0. The molecule has 8 heteroatoms. The Morgan fingerprint density at radius 3 is 2.88 bits per heavy atom. The van der Waals surface area contributed by atoms with Gasteiger partial charge in [-0.05, 0) is 61.1 Å². The largest absolute Gasteiger partial charge is 0.383 e. The van der Waals surface area contributed by atoms with Crippen molar-refractivity contribution in [1.82, 2.24) is 19.9 Å². The third-order valence-corrected chi connectivity index (χ3v) is 7.16. The Kier molecular flexibility index (Phi) is 5.64. The van der Waals surface area contributed by atoms with Gasteiger partial charge >= 0.3 is 0 Å². The van der Waals surface area contributed by atoms with E-state index in [9.17, 15) is 9.59 Å². The first kappa shape index (κ1) is 21.6. The molecule has 33 heavy (non-hydrogen) atoms. The van der Waals surface area contributed by atoms with E-state index in [1.807, 2.05) is 41.3 Å². The average molecular weight is 449 g/mol. The van der Waals surface area contributed by atoms with Crippen molar-refractivity contribution in [1.29, 1.82) is 0 Å². The maximum Gasteiger partial charge on any atom is 0.274 e. The molecular weight excluding hydrogens is 420 g/mol. The van der Waals surface area contributed by atoms with Gasteiger partial charge in [-0.25, -0.2) is 10.5 Å². The summed E-state index contributed by atoms with van der Waals surface area (Å²) in [6.45, 7) is 2.42. The predicted octanol–water partition coefficient (Wildman–Crippen LogP) is 2.71. The highest BCUT2D eigenvalue weighted by atomic mass is 16.5. The number of aryl methyl sites for hydroxylation is 1. The molecule has 1 aliphatic carbocycles. The lowest BCUT2D eigenvalue weighted by molar-refractivity contribution is -0.137. The van der Waals surface area contributed by atoms with Gasteiger partial charge in [0.2, 0.25) is 5.91 Å². The highest BCUT2D eigenvalue weighted by molar-refractivity contribution is 5.93. The minimum atomic E-state index is -0.535. The second-order valence-electron chi connectivity index (χ2n) is 9.02. The number of aromatic nitrogens is 2. The molecular formula is C25H28N4O4. The van der Waals surface area contributed by atoms with Crippen molar-refractivity contribution >= 4 is 22.8 Å². The maximum atomic E-state index is 13.7. The summed E-state index contributed by atoms with van der Waals surface area (Å²) in [6, 6.07) is 13.5. The number of benzene rings is 2. The number of rotatable bonds is 6. The van der Waals surface area contributed by atoms with Crippen molar-refractivity contribution < 1.29 is 19.5 Å². The first-order valence-electron chi connectivity index (χ1n) is 11.3. The third kappa shape index (κ3) is 3.79. The normalized spacial score (nSPS) is 19.9. The van der Waals surface area contributed by atoms with Crippen molar-refractivity contribution in [2.24, 2.45) is 5.41 Å². The van der Waals surface area contributed by atoms with Gasteiger partial charge in [-0.15, -0.1) is 0 Å². The van der Waals surface area contributed by atoms with E-state index in [-0.39, 0.29) is 5.91 Å². The Hall–Kier alpha value is -3.23. The fourth-order valence-corrected chi connectivity index (χ4v) is 5.36. The van der Waals surface area contributed by atoms with Crippen molar-refractivity contribution in [3.63, 3.8) is 0 Å². The smallest absolute Gasteiger partial charge is 0.274 e. The highest BCUT2D eigenvalue weighted by Gasteiger charge is 2.48. The quantitative estimate of drug-likeness (QED) is 0.447. The molecule has 2 aromatic carbocycles. The van der Waals surface area contributed by atoms with E-state index < -0.39 is 11.3 Å². The lowest BCUT2D eigenvalue weighted by Gasteiger charge is -2.33. The predicted molar refractivity (Wildman–Crippen MR) is 122 cm³/mol. The SMILES string of the molecule is COCCn1c(CN2CC[C@@]3(CCc4ccc(C(=O)NO)cc4C3)C2=O)nc2ccccc21. The van der Waals surface area contributed by atoms with Gasteiger partial charge in [0, 0.05) is 25.8 Å². The van der Waals surface area contributed by atoms with Crippen LogP contribution in [0.1, 0.15) is 40.2 Å². The second-order valence-corrected chi connectivity index (χ2v) is 9.02. The van der Waals surface area contributed by atoms with Crippen LogP contribution in [0, 0.1) is 5.41 Å². The standard InChI is InChI=1S/C25H28N4O4/c1-33-13-12-29-21-5-3-2-4-20(21)26-22(29)16-28-11-10-25(24(28)31)9-8-17-6-7-18(23(30)27-32)14-19(17)15-25/h2-7,14,32H,8-13,15-16H2,1H3,(H,27,30)/t25-/m1/s1. The van der Waals surface area contributed by atoms with Crippen molar-refractivity contribution in [3.05, 3.63) is 65.0 Å². The zero-order valence-electron chi connectivity index (χ0n) is 18.7. The van der Waals surface area contributed by atoms with E-state index >= 15 is 0 Å². The topological polar surface area (TPSA) is 96.7 Å². The highest BCUT2D eigenvalue weighted by Crippen LogP contribution is 2.44. The Balaban J connectivity index is 1.39. The molecule has 2 heterocycles. The summed E-state index contributed by atoms with van der Waals surface area (Å²) in [6.07, 6.45) is 3.02. The zero-order chi connectivity index (χ0) is 23.0. The van der Waals surface area contributed by atoms with Crippen LogP contribution < -0.4 is 5.48 Å². The Morgan fingerprint density at radius 1 is 1.21 bits per heavy atom. The van der Waals surface area contributed by atoms with Crippen LogP contribution in [-0.4, -0.2) is 51.7 Å². The Bertz CT molecular complexity index is 1220. The van der Waals surface area contributed by atoms with E-state index in [1.54, 1.807) is 18.7 Å². The fraction of sp³-hybridized carbons (Fsp3) is 0.400. The number of nitrogens with one attached hydrogen (secondary N) is 1. The maximum absolute atomic E-state index is 13.7. The van der Waals surface area contributed by atoms with Crippen molar-refractivity contribution in [2.45, 2.75) is 38.8 Å². The molecule has 0 radical (unpaired) electrons. The molecule has 1 saturated heterocycles. The Morgan fingerprint density at radius 2 is 2.06 bits per heavy atom. The van der Waals surface area contributed by atoms with Crippen molar-refractivity contribution in [2.75, 3.05) is 20.3 Å². The van der Waals surface area contributed by atoms with Crippen molar-refractivity contribution in [3.8, 4) is 0 Å². The number of fused-ring (bicyclic) bond motifs is 2. The van der Waals surface area contributed by atoms with E-state index in [2.05, 4.69) is 4.57 Å². The third-order valence-electron chi connectivity index (χ3n) is 7.16. The summed E-state index contributed by atoms with van der Waals surface area (Å²) in [5.74, 6) is 0.499. The first-order valence-corrected chi connectivity index (χ1v) is 11.3. The van der Waals surface area contributed by atoms with Gasteiger partial charge in [-0.3, -0.25) is 14.8 Å². The lowest BCUT2D eigenvalue weighted by atomic mass is 9.70. The molecule has 0 unspecified atom stereocenters. The van der Waals surface area contributed by atoms with Crippen LogP contribution in [0.4, 0.5) is 0 Å². The molecule has 2 N–H and O–H groups in total. The van der Waals surface area contributed by atoms with Gasteiger partial charge in [0.05, 0.1) is 29.6 Å². The monoisotopic (exact) mass is 448 g/mol. The number of amides is 2. The second kappa shape index (κ2) is 8.61. The van der Waals surface area contributed by atoms with Crippen LogP contribution in [0.25, 0.3) is 11.0 Å². The van der Waals surface area contributed by atoms with Crippen LogP contribution in [0.15, 0.2) is 42.5 Å². The summed E-state index contributed by atoms with van der Waals surface area (Å²) >= 11 is 0. The number of hydrogen-bond acceptors (Lipinski definition) is 5. The molecule has 172 valence electrons. The van der Waals surface area contributed by atoms with Gasteiger partial charge in [0.25, 0.3) is 5.91 Å². The van der Waals surface area contributed by atoms with Crippen LogP contribution >= 0.6 is 0 Å². The van der Waals surface area contributed by atoms with Gasteiger partial charge in [0.15, 0.2) is 0 Å². The number of methoxy groups -OCH3 is 1. The number of likely N-dealkylation sites (tertiary alicyclic amines) is 1. The van der Waals surface area contributed by atoms with Gasteiger partial charge < -0.3 is 14.2 Å². The van der Waals surface area contributed by atoms with Gasteiger partial charge in [0.1, 0.15) is 5.82 Å². The molecule has 8 nitrogen and oxygen atoms in total. The molecule has 2 amide bonds. The summed E-state index contributed by atoms with van der Waals surface area (Å²) in [5.41, 5.74) is 5.81. The summed E-state index contributed by atoms with van der Waals surface area (Å²) < 4.78 is 7.44. The molecule has 5 rings (SSSR count). The number of hydrogen-bond donors (Lipinski definition) is 2. The molecule has 2 aliphatic rings. The number of carbonyl (C=O) groups excluding carboxylic acids is 2. The van der Waals surface area contributed by atoms with Crippen LogP contribution in [0.3, 0.4) is 0 Å². The van der Waals surface area contributed by atoms with E-state index in [4.69, 9.17) is 14.9 Å². The molecule has 0 bridgehead atoms. The minimum absolute atomic E-state index is 0.163. The van der Waals surface area contributed by atoms with E-state index in [0.29, 0.717) is 38.2 Å². The zero-order valence-corrected chi connectivity index (χ0v) is 18.7. The molecule has 1 aliphatic heterocycles. The number of carbonyl (C=O) groups is 2. The molecule has 3 aromatic rings. The van der Waals surface area contributed by atoms with Crippen LogP contribution in [0.5, 0.6) is 0 Å². The number of para-hydroxylation sites is 2. The average Bonchev–Trinajstić information content (AvgIpc) is 3.34. The van der Waals surface area contributed by atoms with E-state index in [1.165, 1.54) is 5.56 Å². The summed E-state index contributed by atoms with van der Waals surface area (Å²) in [7, 11) is 1.68. The fourth-order valence-electron chi connectivity index (χ4n) is 5.36. The molecule has 1 atom stereocenters. The van der Waals surface area contributed by atoms with Crippen LogP contribution in [0.2, 0.25) is 0 Å². The molecule has 1 fully saturated rings. The van der Waals surface area contributed by atoms with Gasteiger partial charge in [-0.1, -0.05) is 18.2 Å². The minimum Gasteiger partial charge on any atom is -0.383 e. The Labute approximate surface area is 192 Å². The molecule has 0 saturated carbocycles. The van der Waals surface area contributed by atoms with Gasteiger partial charge in [-0.2, -0.15) is 0 Å². The lowest BCUT2D eigenvalue weighted by Crippen LogP contribution is -2.39.